The van der Waals surface area contributed by atoms with E-state index in [1.807, 2.05) is 32.0 Å². The topological polar surface area (TPSA) is 75.7 Å². The largest absolute Gasteiger partial charge is 0.452 e. The molecule has 154 valence electrons. The van der Waals surface area contributed by atoms with Gasteiger partial charge in [-0.1, -0.05) is 25.1 Å². The van der Waals surface area contributed by atoms with Crippen molar-refractivity contribution in [2.24, 2.45) is 0 Å². The molecule has 0 radical (unpaired) electrons. The molecular formula is C21H22BrFN2O4. The third kappa shape index (κ3) is 6.67. The van der Waals surface area contributed by atoms with Gasteiger partial charge in [-0.25, -0.2) is 9.18 Å². The van der Waals surface area contributed by atoms with Crippen molar-refractivity contribution in [2.75, 3.05) is 25.0 Å². The summed E-state index contributed by atoms with van der Waals surface area (Å²) in [7, 11) is 0. The molecular weight excluding hydrogens is 443 g/mol. The first-order chi connectivity index (χ1) is 13.8. The van der Waals surface area contributed by atoms with E-state index in [0.717, 1.165) is 17.7 Å². The second kappa shape index (κ2) is 10.7. The Kier molecular flexibility index (Phi) is 8.33. The Balaban J connectivity index is 1.95. The number of carbonyl (C=O) groups excluding carboxylic acids is 3. The molecule has 2 amide bonds. The smallest absolute Gasteiger partial charge is 0.339 e. The number of amides is 2. The molecule has 8 heteroatoms. The van der Waals surface area contributed by atoms with Gasteiger partial charge in [0, 0.05) is 16.7 Å². The first-order valence-corrected chi connectivity index (χ1v) is 9.86. The van der Waals surface area contributed by atoms with Crippen molar-refractivity contribution in [1.82, 2.24) is 4.90 Å². The number of hydrogen-bond donors (Lipinski definition) is 1. The summed E-state index contributed by atoms with van der Waals surface area (Å²) in [6, 6.07) is 10.9. The number of esters is 1. The highest BCUT2D eigenvalue weighted by molar-refractivity contribution is 9.10. The number of halogens is 2. The van der Waals surface area contributed by atoms with E-state index in [-0.39, 0.29) is 22.5 Å². The molecule has 0 bridgehead atoms. The lowest BCUT2D eigenvalue weighted by Crippen LogP contribution is -2.40. The zero-order valence-electron chi connectivity index (χ0n) is 16.2. The van der Waals surface area contributed by atoms with Crippen molar-refractivity contribution in [3.63, 3.8) is 0 Å². The van der Waals surface area contributed by atoms with Crippen LogP contribution < -0.4 is 5.32 Å². The van der Waals surface area contributed by atoms with E-state index < -0.39 is 24.3 Å². The highest BCUT2D eigenvalue weighted by atomic mass is 79.9. The molecule has 2 rings (SSSR count). The molecule has 1 N–H and O–H groups in total. The summed E-state index contributed by atoms with van der Waals surface area (Å²) >= 11 is 3.09. The Morgan fingerprint density at radius 3 is 2.55 bits per heavy atom. The number of nitrogens with one attached hydrogen (secondary N) is 1. The fourth-order valence-electron chi connectivity index (χ4n) is 2.59. The number of hydrogen-bond acceptors (Lipinski definition) is 4. The minimum atomic E-state index is -0.758. The maximum Gasteiger partial charge on any atom is 0.339 e. The molecule has 0 heterocycles. The number of ether oxygens (including phenoxy) is 1. The summed E-state index contributed by atoms with van der Waals surface area (Å²) in [6.45, 7) is 3.43. The Bertz CT molecular complexity index is 904. The lowest BCUT2D eigenvalue weighted by molar-refractivity contribution is -0.137. The summed E-state index contributed by atoms with van der Waals surface area (Å²) in [5.74, 6) is -2.09. The fraction of sp³-hybridized carbons (Fsp3) is 0.286. The van der Waals surface area contributed by atoms with Crippen LogP contribution in [0.25, 0.3) is 0 Å². The number of carbonyl (C=O) groups is 3. The van der Waals surface area contributed by atoms with E-state index in [9.17, 15) is 18.8 Å². The molecule has 0 unspecified atom stereocenters. The first-order valence-electron chi connectivity index (χ1n) is 9.07. The van der Waals surface area contributed by atoms with Crippen LogP contribution in [0.1, 0.15) is 29.3 Å². The van der Waals surface area contributed by atoms with Crippen LogP contribution >= 0.6 is 15.9 Å². The van der Waals surface area contributed by atoms with Crippen LogP contribution in [0.5, 0.6) is 0 Å². The molecule has 0 fully saturated rings. The molecule has 2 aromatic rings. The molecule has 0 saturated carbocycles. The van der Waals surface area contributed by atoms with Crippen LogP contribution in [-0.4, -0.2) is 42.4 Å². The molecule has 0 atom stereocenters. The monoisotopic (exact) mass is 464 g/mol. The van der Waals surface area contributed by atoms with Gasteiger partial charge in [-0.2, -0.15) is 0 Å². The van der Waals surface area contributed by atoms with Gasteiger partial charge in [0.25, 0.3) is 5.91 Å². The zero-order chi connectivity index (χ0) is 21.4. The van der Waals surface area contributed by atoms with Crippen molar-refractivity contribution in [3.8, 4) is 0 Å². The van der Waals surface area contributed by atoms with Gasteiger partial charge in [-0.05, 0) is 59.1 Å². The molecule has 0 spiro atoms. The van der Waals surface area contributed by atoms with Crippen LogP contribution in [-0.2, 0) is 14.3 Å². The van der Waals surface area contributed by atoms with E-state index in [1.54, 1.807) is 6.07 Å². The molecule has 6 nitrogen and oxygen atoms in total. The summed E-state index contributed by atoms with van der Waals surface area (Å²) in [5, 5.41) is 2.78. The number of para-hydroxylation sites is 1. The lowest BCUT2D eigenvalue weighted by Gasteiger charge is -2.21. The standard InChI is InChI=1S/C21H22BrFN2O4/c1-3-10-25(12-19(26)24-18-7-5-4-6-14(18)2)20(27)13-29-21(28)16-9-8-15(23)11-17(16)22/h4-9,11H,3,10,12-13H2,1-2H3,(H,24,26). The van der Waals surface area contributed by atoms with Crippen molar-refractivity contribution >= 4 is 39.4 Å². The number of nitrogens with zero attached hydrogens (tertiary/aromatic N) is 1. The van der Waals surface area contributed by atoms with Crippen LogP contribution in [0, 0.1) is 12.7 Å². The highest BCUT2D eigenvalue weighted by Crippen LogP contribution is 2.19. The predicted molar refractivity (Wildman–Crippen MR) is 111 cm³/mol. The predicted octanol–water partition coefficient (Wildman–Crippen LogP) is 3.93. The second-order valence-corrected chi connectivity index (χ2v) is 7.23. The van der Waals surface area contributed by atoms with Gasteiger partial charge in [0.1, 0.15) is 5.82 Å². The molecule has 0 aliphatic heterocycles. The van der Waals surface area contributed by atoms with Gasteiger partial charge in [0.15, 0.2) is 6.61 Å². The summed E-state index contributed by atoms with van der Waals surface area (Å²) in [6.07, 6.45) is 0.640. The molecule has 0 saturated heterocycles. The van der Waals surface area contributed by atoms with E-state index in [4.69, 9.17) is 4.74 Å². The van der Waals surface area contributed by atoms with Crippen molar-refractivity contribution in [3.05, 3.63) is 63.9 Å². The third-order valence-electron chi connectivity index (χ3n) is 4.08. The van der Waals surface area contributed by atoms with Gasteiger partial charge < -0.3 is 15.0 Å². The highest BCUT2D eigenvalue weighted by Gasteiger charge is 2.20. The first kappa shape index (κ1) is 22.5. The van der Waals surface area contributed by atoms with Gasteiger partial charge >= 0.3 is 5.97 Å². The van der Waals surface area contributed by atoms with Crippen LogP contribution in [0.4, 0.5) is 10.1 Å². The maximum atomic E-state index is 13.1. The van der Waals surface area contributed by atoms with Gasteiger partial charge in [-0.15, -0.1) is 0 Å². The number of aryl methyl sites for hydroxylation is 1. The second-order valence-electron chi connectivity index (χ2n) is 6.38. The van der Waals surface area contributed by atoms with E-state index >= 15 is 0 Å². The van der Waals surface area contributed by atoms with Crippen molar-refractivity contribution < 1.29 is 23.5 Å². The summed E-state index contributed by atoms with van der Waals surface area (Å²) in [5.41, 5.74) is 1.69. The summed E-state index contributed by atoms with van der Waals surface area (Å²) in [4.78, 5) is 38.3. The van der Waals surface area contributed by atoms with E-state index in [0.29, 0.717) is 18.7 Å². The number of anilines is 1. The average molecular weight is 465 g/mol. The maximum absolute atomic E-state index is 13.1. The number of benzene rings is 2. The van der Waals surface area contributed by atoms with Crippen LogP contribution in [0.15, 0.2) is 46.9 Å². The van der Waals surface area contributed by atoms with Crippen LogP contribution in [0.2, 0.25) is 0 Å². The Labute approximate surface area is 177 Å². The van der Waals surface area contributed by atoms with E-state index in [1.165, 1.54) is 11.0 Å². The van der Waals surface area contributed by atoms with E-state index in [2.05, 4.69) is 21.2 Å². The van der Waals surface area contributed by atoms with Gasteiger partial charge in [0.05, 0.1) is 12.1 Å². The molecule has 2 aromatic carbocycles. The Morgan fingerprint density at radius 2 is 1.90 bits per heavy atom. The minimum Gasteiger partial charge on any atom is -0.452 e. The van der Waals surface area contributed by atoms with Gasteiger partial charge in [-0.3, -0.25) is 9.59 Å². The van der Waals surface area contributed by atoms with Crippen molar-refractivity contribution in [2.45, 2.75) is 20.3 Å². The molecule has 0 aromatic heterocycles. The average Bonchev–Trinajstić information content (AvgIpc) is 2.67. The molecule has 0 aliphatic rings. The minimum absolute atomic E-state index is 0.110. The summed E-state index contributed by atoms with van der Waals surface area (Å²) < 4.78 is 18.4. The Hall–Kier alpha value is -2.74. The van der Waals surface area contributed by atoms with Crippen molar-refractivity contribution in [1.29, 1.82) is 0 Å². The molecule has 0 aliphatic carbocycles. The normalized spacial score (nSPS) is 10.3. The number of rotatable bonds is 8. The van der Waals surface area contributed by atoms with Crippen LogP contribution in [0.3, 0.4) is 0 Å². The molecule has 29 heavy (non-hydrogen) atoms. The Morgan fingerprint density at radius 1 is 1.17 bits per heavy atom. The quantitative estimate of drug-likeness (QED) is 0.600. The lowest BCUT2D eigenvalue weighted by atomic mass is 10.2. The van der Waals surface area contributed by atoms with Gasteiger partial charge in [0.2, 0.25) is 5.91 Å². The SMILES string of the molecule is CCCN(CC(=O)Nc1ccccc1C)C(=O)COC(=O)c1ccc(F)cc1Br. The third-order valence-corrected chi connectivity index (χ3v) is 4.73. The zero-order valence-corrected chi connectivity index (χ0v) is 17.8. The fourth-order valence-corrected chi connectivity index (χ4v) is 3.10.